The van der Waals surface area contributed by atoms with Gasteiger partial charge in [0.2, 0.25) is 0 Å². The maximum Gasteiger partial charge on any atom is 0.335 e. The minimum Gasteiger partial charge on any atom is -0.479 e. The van der Waals surface area contributed by atoms with E-state index in [4.69, 9.17) is 10.2 Å². The summed E-state index contributed by atoms with van der Waals surface area (Å²) in [6.07, 6.45) is -4.14. The van der Waals surface area contributed by atoms with Crippen molar-refractivity contribution in [2.45, 2.75) is 12.2 Å². The molecular formula is C10H11NO5. The number of benzene rings is 1. The molecule has 16 heavy (non-hydrogen) atoms. The molecule has 0 unspecified atom stereocenters. The highest BCUT2D eigenvalue weighted by molar-refractivity contribution is 5.97. The smallest absolute Gasteiger partial charge is 0.335 e. The lowest BCUT2D eigenvalue weighted by atomic mass is 10.2. The van der Waals surface area contributed by atoms with Crippen LogP contribution < -0.4 is 5.32 Å². The molecule has 1 rings (SSSR count). The molecule has 0 aliphatic rings. The van der Waals surface area contributed by atoms with Gasteiger partial charge in [0.25, 0.3) is 5.91 Å². The third-order valence-electron chi connectivity index (χ3n) is 1.86. The molecule has 0 saturated heterocycles. The number of rotatable bonds is 4. The second-order valence-electron chi connectivity index (χ2n) is 3.08. The average Bonchev–Trinajstić information content (AvgIpc) is 2.28. The summed E-state index contributed by atoms with van der Waals surface area (Å²) in [5.74, 6) is -2.63. The van der Waals surface area contributed by atoms with E-state index in [0.717, 1.165) is 0 Å². The van der Waals surface area contributed by atoms with Crippen molar-refractivity contribution in [1.82, 2.24) is 0 Å². The highest BCUT2D eigenvalue weighted by atomic mass is 16.4. The van der Waals surface area contributed by atoms with Gasteiger partial charge in [-0.15, -0.1) is 0 Å². The molecule has 6 nitrogen and oxygen atoms in total. The number of carboxylic acid groups (broad SMARTS) is 1. The van der Waals surface area contributed by atoms with Crippen LogP contribution in [0.2, 0.25) is 0 Å². The zero-order chi connectivity index (χ0) is 12.1. The van der Waals surface area contributed by atoms with E-state index < -0.39 is 24.1 Å². The number of hydrogen-bond donors (Lipinski definition) is 4. The van der Waals surface area contributed by atoms with Gasteiger partial charge in [0.05, 0.1) is 0 Å². The van der Waals surface area contributed by atoms with E-state index in [1.807, 2.05) is 0 Å². The molecule has 0 fully saturated rings. The molecule has 0 bridgehead atoms. The van der Waals surface area contributed by atoms with Crippen molar-refractivity contribution >= 4 is 17.6 Å². The standard InChI is InChI=1S/C10H11NO5/c12-7(8(13)10(15)16)9(14)11-6-4-2-1-3-5-6/h1-5,7-8,12-13H,(H,11,14)(H,15,16)/t7-,8+/m0/s1. The molecule has 86 valence electrons. The van der Waals surface area contributed by atoms with Gasteiger partial charge in [-0.05, 0) is 12.1 Å². The van der Waals surface area contributed by atoms with Gasteiger partial charge in [0.15, 0.2) is 12.2 Å². The van der Waals surface area contributed by atoms with Gasteiger partial charge in [0, 0.05) is 5.69 Å². The van der Waals surface area contributed by atoms with Gasteiger partial charge in [-0.3, -0.25) is 4.79 Å². The van der Waals surface area contributed by atoms with Crippen LogP contribution in [0.3, 0.4) is 0 Å². The van der Waals surface area contributed by atoms with Crippen molar-refractivity contribution in [3.8, 4) is 0 Å². The molecule has 1 amide bonds. The van der Waals surface area contributed by atoms with Crippen LogP contribution in [-0.4, -0.2) is 39.4 Å². The van der Waals surface area contributed by atoms with Crippen LogP contribution in [0.25, 0.3) is 0 Å². The number of nitrogens with one attached hydrogen (secondary N) is 1. The van der Waals surface area contributed by atoms with Gasteiger partial charge < -0.3 is 20.6 Å². The van der Waals surface area contributed by atoms with Crippen LogP contribution in [0.5, 0.6) is 0 Å². The van der Waals surface area contributed by atoms with Crippen LogP contribution >= 0.6 is 0 Å². The number of aliphatic hydroxyl groups is 2. The van der Waals surface area contributed by atoms with E-state index >= 15 is 0 Å². The Morgan fingerprint density at radius 1 is 1.06 bits per heavy atom. The molecule has 0 aromatic heterocycles. The lowest BCUT2D eigenvalue weighted by molar-refractivity contribution is -0.156. The van der Waals surface area contributed by atoms with Gasteiger partial charge in [-0.1, -0.05) is 18.2 Å². The maximum absolute atomic E-state index is 11.3. The van der Waals surface area contributed by atoms with Crippen molar-refractivity contribution in [2.75, 3.05) is 5.32 Å². The third kappa shape index (κ3) is 3.04. The number of para-hydroxylation sites is 1. The summed E-state index contributed by atoms with van der Waals surface area (Å²) in [6.45, 7) is 0. The van der Waals surface area contributed by atoms with Gasteiger partial charge in [-0.2, -0.15) is 0 Å². The number of carbonyl (C=O) groups excluding carboxylic acids is 1. The van der Waals surface area contributed by atoms with E-state index in [-0.39, 0.29) is 0 Å². The highest BCUT2D eigenvalue weighted by Gasteiger charge is 2.29. The third-order valence-corrected chi connectivity index (χ3v) is 1.86. The predicted molar refractivity (Wildman–Crippen MR) is 54.7 cm³/mol. The molecular weight excluding hydrogens is 214 g/mol. The van der Waals surface area contributed by atoms with Crippen molar-refractivity contribution in [3.05, 3.63) is 30.3 Å². The summed E-state index contributed by atoms with van der Waals surface area (Å²) in [4.78, 5) is 21.6. The second kappa shape index (κ2) is 5.24. The molecule has 0 saturated carbocycles. The summed E-state index contributed by atoms with van der Waals surface area (Å²) in [5, 5.41) is 28.8. The fourth-order valence-electron chi connectivity index (χ4n) is 1.02. The van der Waals surface area contributed by atoms with Crippen molar-refractivity contribution < 1.29 is 24.9 Å². The number of anilines is 1. The summed E-state index contributed by atoms with van der Waals surface area (Å²) in [7, 11) is 0. The summed E-state index contributed by atoms with van der Waals surface area (Å²) in [5.41, 5.74) is 0.407. The molecule has 0 aliphatic carbocycles. The minimum atomic E-state index is -2.14. The first-order chi connectivity index (χ1) is 7.52. The van der Waals surface area contributed by atoms with Crippen molar-refractivity contribution in [2.24, 2.45) is 0 Å². The molecule has 4 N–H and O–H groups in total. The Morgan fingerprint density at radius 3 is 2.12 bits per heavy atom. The topological polar surface area (TPSA) is 107 Å². The minimum absolute atomic E-state index is 0.407. The number of carboxylic acids is 1. The molecule has 6 heteroatoms. The Kier molecular flexibility index (Phi) is 3.98. The molecule has 2 atom stereocenters. The van der Waals surface area contributed by atoms with E-state index in [2.05, 4.69) is 5.32 Å². The number of amides is 1. The zero-order valence-electron chi connectivity index (χ0n) is 8.20. The fourth-order valence-corrected chi connectivity index (χ4v) is 1.02. The Balaban J connectivity index is 2.63. The van der Waals surface area contributed by atoms with E-state index in [0.29, 0.717) is 5.69 Å². The van der Waals surface area contributed by atoms with Gasteiger partial charge in [0.1, 0.15) is 0 Å². The number of aliphatic hydroxyl groups excluding tert-OH is 2. The van der Waals surface area contributed by atoms with E-state index in [1.165, 1.54) is 0 Å². The quantitative estimate of drug-likeness (QED) is 0.549. The largest absolute Gasteiger partial charge is 0.479 e. The molecule has 0 aliphatic heterocycles. The monoisotopic (exact) mass is 225 g/mol. The SMILES string of the molecule is O=C(Nc1ccccc1)[C@@H](O)[C@@H](O)C(=O)O. The Morgan fingerprint density at radius 2 is 1.62 bits per heavy atom. The van der Waals surface area contributed by atoms with E-state index in [1.54, 1.807) is 30.3 Å². The summed E-state index contributed by atoms with van der Waals surface area (Å²) < 4.78 is 0. The van der Waals surface area contributed by atoms with Crippen LogP contribution in [0, 0.1) is 0 Å². The molecule has 1 aromatic rings. The first-order valence-corrected chi connectivity index (χ1v) is 4.47. The Hall–Kier alpha value is -1.92. The van der Waals surface area contributed by atoms with Crippen LogP contribution in [0.4, 0.5) is 5.69 Å². The normalized spacial score (nSPS) is 13.9. The van der Waals surface area contributed by atoms with Gasteiger partial charge >= 0.3 is 5.97 Å². The number of carbonyl (C=O) groups is 2. The molecule has 0 heterocycles. The first-order valence-electron chi connectivity index (χ1n) is 4.47. The average molecular weight is 225 g/mol. The van der Waals surface area contributed by atoms with Crippen molar-refractivity contribution in [1.29, 1.82) is 0 Å². The van der Waals surface area contributed by atoms with Gasteiger partial charge in [-0.25, -0.2) is 4.79 Å². The molecule has 0 spiro atoms. The second-order valence-corrected chi connectivity index (χ2v) is 3.08. The molecule has 0 radical (unpaired) electrons. The highest BCUT2D eigenvalue weighted by Crippen LogP contribution is 2.06. The summed E-state index contributed by atoms with van der Waals surface area (Å²) >= 11 is 0. The molecule has 1 aromatic carbocycles. The number of hydrogen-bond acceptors (Lipinski definition) is 4. The Labute approximate surface area is 91.1 Å². The van der Waals surface area contributed by atoms with Crippen LogP contribution in [0.15, 0.2) is 30.3 Å². The Bertz CT molecular complexity index is 378. The summed E-state index contributed by atoms with van der Waals surface area (Å²) in [6, 6.07) is 8.19. The maximum atomic E-state index is 11.3. The number of aliphatic carboxylic acids is 1. The van der Waals surface area contributed by atoms with Crippen LogP contribution in [0.1, 0.15) is 0 Å². The zero-order valence-corrected chi connectivity index (χ0v) is 8.20. The lowest BCUT2D eigenvalue weighted by Gasteiger charge is -2.13. The van der Waals surface area contributed by atoms with Crippen molar-refractivity contribution in [3.63, 3.8) is 0 Å². The van der Waals surface area contributed by atoms with Crippen LogP contribution in [-0.2, 0) is 9.59 Å². The lowest BCUT2D eigenvalue weighted by Crippen LogP contribution is -2.42. The predicted octanol–water partition coefficient (Wildman–Crippen LogP) is -0.569. The van der Waals surface area contributed by atoms with E-state index in [9.17, 15) is 14.7 Å². The first kappa shape index (κ1) is 12.2. The fraction of sp³-hybridized carbons (Fsp3) is 0.200.